The van der Waals surface area contributed by atoms with Crippen molar-refractivity contribution in [1.82, 2.24) is 9.88 Å². The first-order valence-corrected chi connectivity index (χ1v) is 10.00. The van der Waals surface area contributed by atoms with E-state index in [1.165, 1.54) is 43.4 Å². The van der Waals surface area contributed by atoms with Gasteiger partial charge in [0.05, 0.1) is 6.54 Å². The summed E-state index contributed by atoms with van der Waals surface area (Å²) < 4.78 is 0. The zero-order valence-corrected chi connectivity index (χ0v) is 15.6. The van der Waals surface area contributed by atoms with Crippen molar-refractivity contribution < 1.29 is 9.59 Å². The Hall–Kier alpha value is -1.43. The summed E-state index contributed by atoms with van der Waals surface area (Å²) >= 11 is 1.39. The predicted octanol–water partition coefficient (Wildman–Crippen LogP) is 3.93. The van der Waals surface area contributed by atoms with Gasteiger partial charge in [0.15, 0.2) is 5.13 Å². The van der Waals surface area contributed by atoms with Gasteiger partial charge in [-0.15, -0.1) is 11.3 Å². The first-order valence-electron chi connectivity index (χ1n) is 9.12. The number of nitrogens with zero attached hydrogens (tertiary/aromatic N) is 2. The minimum Gasteiger partial charge on any atom is -0.333 e. The fraction of sp³-hybridized carbons (Fsp3) is 0.722. The maximum Gasteiger partial charge on any atom is 0.245 e. The number of carbonyl (C=O) groups is 2. The Labute approximate surface area is 148 Å². The molecule has 0 spiro atoms. The van der Waals surface area contributed by atoms with Crippen LogP contribution in [0, 0.1) is 11.8 Å². The molecule has 0 bridgehead atoms. The van der Waals surface area contributed by atoms with Crippen molar-refractivity contribution in [3.8, 4) is 0 Å². The summed E-state index contributed by atoms with van der Waals surface area (Å²) in [4.78, 5) is 31.0. The van der Waals surface area contributed by atoms with E-state index in [0.717, 1.165) is 12.8 Å². The van der Waals surface area contributed by atoms with E-state index in [9.17, 15) is 9.59 Å². The Bertz CT molecular complexity index is 508. The quantitative estimate of drug-likeness (QED) is 0.772. The van der Waals surface area contributed by atoms with E-state index in [2.05, 4.69) is 10.3 Å². The highest BCUT2D eigenvalue weighted by molar-refractivity contribution is 7.13. The van der Waals surface area contributed by atoms with E-state index in [0.29, 0.717) is 17.6 Å². The first kappa shape index (κ1) is 18.9. The summed E-state index contributed by atoms with van der Waals surface area (Å²) in [5, 5.41) is 5.21. The average molecular weight is 352 g/mol. The molecular weight excluding hydrogens is 322 g/mol. The van der Waals surface area contributed by atoms with Gasteiger partial charge in [-0.2, -0.15) is 0 Å². The molecule has 2 rings (SSSR count). The predicted molar refractivity (Wildman–Crippen MR) is 98.0 cm³/mol. The number of hydrogen-bond donors (Lipinski definition) is 1. The molecule has 1 aliphatic carbocycles. The molecule has 2 amide bonds. The standard InChI is InChI=1S/C18H29N3O2S/c1-3-15(4-2)17(23)21(12-14-8-6-5-7-9-14)13-16(22)20-18-19-10-11-24-18/h10-11,14-15H,3-9,12-13H2,1-2H3,(H,19,20,22). The summed E-state index contributed by atoms with van der Waals surface area (Å²) in [5.74, 6) is 0.519. The van der Waals surface area contributed by atoms with E-state index >= 15 is 0 Å². The van der Waals surface area contributed by atoms with Crippen molar-refractivity contribution >= 4 is 28.3 Å². The molecule has 1 heterocycles. The SMILES string of the molecule is CCC(CC)C(=O)N(CC(=O)Nc1nccs1)CC1CCCCC1. The molecule has 1 fully saturated rings. The third-order valence-corrected chi connectivity index (χ3v) is 5.55. The molecule has 0 saturated heterocycles. The lowest BCUT2D eigenvalue weighted by atomic mass is 9.88. The highest BCUT2D eigenvalue weighted by atomic mass is 32.1. The van der Waals surface area contributed by atoms with E-state index in [1.54, 1.807) is 11.1 Å². The number of aromatic nitrogens is 1. The van der Waals surface area contributed by atoms with Gasteiger partial charge in [0.1, 0.15) is 0 Å². The Kier molecular flexibility index (Phi) is 7.69. The van der Waals surface area contributed by atoms with Crippen molar-refractivity contribution in [3.05, 3.63) is 11.6 Å². The lowest BCUT2D eigenvalue weighted by Crippen LogP contribution is -2.44. The third kappa shape index (κ3) is 5.58. The van der Waals surface area contributed by atoms with Gasteiger partial charge < -0.3 is 10.2 Å². The molecular formula is C18H29N3O2S. The van der Waals surface area contributed by atoms with Crippen molar-refractivity contribution in [3.63, 3.8) is 0 Å². The number of anilines is 1. The molecule has 6 heteroatoms. The maximum atomic E-state index is 12.9. The van der Waals surface area contributed by atoms with Crippen LogP contribution >= 0.6 is 11.3 Å². The van der Waals surface area contributed by atoms with Crippen molar-refractivity contribution in [2.24, 2.45) is 11.8 Å². The second kappa shape index (κ2) is 9.77. The molecule has 1 aromatic heterocycles. The Morgan fingerprint density at radius 2 is 2.00 bits per heavy atom. The van der Waals surface area contributed by atoms with Crippen LogP contribution in [-0.2, 0) is 9.59 Å². The molecule has 1 aromatic rings. The highest BCUT2D eigenvalue weighted by Gasteiger charge is 2.26. The fourth-order valence-electron chi connectivity index (χ4n) is 3.43. The zero-order valence-electron chi connectivity index (χ0n) is 14.8. The molecule has 0 atom stereocenters. The van der Waals surface area contributed by atoms with Crippen molar-refractivity contribution in [2.75, 3.05) is 18.4 Å². The van der Waals surface area contributed by atoms with Crippen LogP contribution in [0.5, 0.6) is 0 Å². The van der Waals surface area contributed by atoms with Crippen LogP contribution in [0.1, 0.15) is 58.8 Å². The van der Waals surface area contributed by atoms with Gasteiger partial charge in [-0.3, -0.25) is 9.59 Å². The first-order chi connectivity index (χ1) is 11.6. The van der Waals surface area contributed by atoms with E-state index in [4.69, 9.17) is 0 Å². The van der Waals surface area contributed by atoms with Crippen molar-refractivity contribution in [1.29, 1.82) is 0 Å². The molecule has 0 aliphatic heterocycles. The maximum absolute atomic E-state index is 12.9. The van der Waals surface area contributed by atoms with Gasteiger partial charge >= 0.3 is 0 Å². The molecule has 1 aliphatic rings. The summed E-state index contributed by atoms with van der Waals surface area (Å²) in [5.41, 5.74) is 0. The monoisotopic (exact) mass is 351 g/mol. The van der Waals surface area contributed by atoms with Crippen molar-refractivity contribution in [2.45, 2.75) is 58.8 Å². The minimum atomic E-state index is -0.153. The average Bonchev–Trinajstić information content (AvgIpc) is 3.09. The molecule has 0 radical (unpaired) electrons. The normalized spacial score (nSPS) is 15.5. The van der Waals surface area contributed by atoms with Gasteiger partial charge in [0.2, 0.25) is 11.8 Å². The Morgan fingerprint density at radius 1 is 1.29 bits per heavy atom. The topological polar surface area (TPSA) is 62.3 Å². The summed E-state index contributed by atoms with van der Waals surface area (Å²) in [6.07, 6.45) is 9.42. The van der Waals surface area contributed by atoms with Gasteiger partial charge in [0, 0.05) is 24.0 Å². The number of nitrogens with one attached hydrogen (secondary N) is 1. The van der Waals surface area contributed by atoms with Crippen LogP contribution in [0.4, 0.5) is 5.13 Å². The van der Waals surface area contributed by atoms with Gasteiger partial charge in [-0.05, 0) is 31.6 Å². The number of thiazole rings is 1. The molecule has 0 unspecified atom stereocenters. The Morgan fingerprint density at radius 3 is 2.58 bits per heavy atom. The molecule has 5 nitrogen and oxygen atoms in total. The summed E-state index contributed by atoms with van der Waals surface area (Å²) in [6.45, 7) is 4.92. The zero-order chi connectivity index (χ0) is 17.4. The number of rotatable bonds is 8. The molecule has 0 aromatic carbocycles. The van der Waals surface area contributed by atoms with Crippen LogP contribution in [-0.4, -0.2) is 34.8 Å². The second-order valence-electron chi connectivity index (χ2n) is 6.62. The van der Waals surface area contributed by atoms with Gasteiger partial charge in [-0.25, -0.2) is 4.98 Å². The molecule has 134 valence electrons. The van der Waals surface area contributed by atoms with Gasteiger partial charge in [-0.1, -0.05) is 33.1 Å². The molecule has 1 saturated carbocycles. The van der Waals surface area contributed by atoms with Crippen LogP contribution in [0.15, 0.2) is 11.6 Å². The van der Waals surface area contributed by atoms with Crippen LogP contribution in [0.2, 0.25) is 0 Å². The highest BCUT2D eigenvalue weighted by Crippen LogP contribution is 2.25. The van der Waals surface area contributed by atoms with E-state index in [1.807, 2.05) is 19.2 Å². The largest absolute Gasteiger partial charge is 0.333 e. The number of amides is 2. The summed E-state index contributed by atoms with van der Waals surface area (Å²) in [6, 6.07) is 0. The summed E-state index contributed by atoms with van der Waals surface area (Å²) in [7, 11) is 0. The number of carbonyl (C=O) groups excluding carboxylic acids is 2. The lowest BCUT2D eigenvalue weighted by molar-refractivity contribution is -0.139. The van der Waals surface area contributed by atoms with Crippen LogP contribution in [0.3, 0.4) is 0 Å². The molecule has 24 heavy (non-hydrogen) atoms. The van der Waals surface area contributed by atoms with Crippen LogP contribution < -0.4 is 5.32 Å². The molecule has 1 N–H and O–H groups in total. The van der Waals surface area contributed by atoms with E-state index < -0.39 is 0 Å². The third-order valence-electron chi connectivity index (χ3n) is 4.86. The number of hydrogen-bond acceptors (Lipinski definition) is 4. The fourth-order valence-corrected chi connectivity index (χ4v) is 3.97. The Balaban J connectivity index is 2.00. The minimum absolute atomic E-state index is 0.0150. The van der Waals surface area contributed by atoms with Crippen LogP contribution in [0.25, 0.3) is 0 Å². The van der Waals surface area contributed by atoms with Gasteiger partial charge in [0.25, 0.3) is 0 Å². The lowest BCUT2D eigenvalue weighted by Gasteiger charge is -2.31. The second-order valence-corrected chi connectivity index (χ2v) is 7.52. The smallest absolute Gasteiger partial charge is 0.245 e. The van der Waals surface area contributed by atoms with E-state index in [-0.39, 0.29) is 24.3 Å².